The van der Waals surface area contributed by atoms with Crippen LogP contribution in [0.15, 0.2) is 86.2 Å². The van der Waals surface area contributed by atoms with Crippen LogP contribution in [0, 0.1) is 90.9 Å². The smallest absolute Gasteiger partial charge is 0.508 e. The summed E-state index contributed by atoms with van der Waals surface area (Å²) in [6.45, 7) is 11.8. The molecule has 0 bridgehead atoms. The molecule has 0 radical (unpaired) electrons. The van der Waals surface area contributed by atoms with Gasteiger partial charge < -0.3 is 58.6 Å². The summed E-state index contributed by atoms with van der Waals surface area (Å²) < 4.78 is 43.1. The monoisotopic (exact) mass is 1570 g/mol. The number of rotatable bonds is 9. The number of aromatic hydroxyl groups is 1. The molecule has 0 aromatic heterocycles. The Morgan fingerprint density at radius 3 is 1.20 bits per heavy atom. The van der Waals surface area contributed by atoms with Gasteiger partial charge in [0, 0.05) is 56.2 Å². The number of methoxy groups -OCH3 is 5. The van der Waals surface area contributed by atoms with Crippen molar-refractivity contribution in [1.82, 2.24) is 14.7 Å². The number of nitrogens with two attached hydrogens (primary N) is 1. The molecule has 0 atom stereocenters. The van der Waals surface area contributed by atoms with Crippen molar-refractivity contribution in [2.45, 2.75) is 41.5 Å². The van der Waals surface area contributed by atoms with Gasteiger partial charge in [-0.15, -0.1) is 6.42 Å². The molecule has 514 valence electrons. The third-order valence-corrected chi connectivity index (χ3v) is 11.6. The Bertz CT molecular complexity index is 3490. The van der Waals surface area contributed by atoms with Crippen molar-refractivity contribution >= 4 is 112 Å². The van der Waals surface area contributed by atoms with Crippen molar-refractivity contribution in [3.05, 3.63) is 145 Å². The number of hydrogen-bond acceptors (Lipinski definition) is 24. The van der Waals surface area contributed by atoms with Crippen LogP contribution in [-0.2, 0) is 45.5 Å². The standard InChI is InChI=1S/C14H16N2O5.C14H18N2O3.C9H8BrNO5.C9H9BrO3.C7H7BrO.C5H9N.C2H3ClO2.C2H4O2.Fe/c1-10-8-11(6-5-7-15(2)3)12(16(18)19)9-13(10)21-14(17)20-4;1-10-8-11(6-5-7-16(2)3)12(15)9-13(10)19-14(17)18-4;1-5-3-6(10)7(11(13)14)4-8(5)16-9(12)15-2;1-6-5-7(10)3-4-8(6)13-9(11)12-2;1-5-4-6(8)2-3-7(5)9;1-4-5-6(2)3;1-5-2(3)4;1-2(3)4;/h8-9H,7H2,1-4H3;8-9H,7,15H2,1-4H3;3-4H,1-2H3;3-5H,1-2H3;2-4,9H,1H3;1H,5H2,2-3H3;1H3;1H3,(H,3,4);. The van der Waals surface area contributed by atoms with Crippen molar-refractivity contribution in [1.29, 1.82) is 0 Å². The van der Waals surface area contributed by atoms with E-state index in [1.54, 1.807) is 44.2 Å². The summed E-state index contributed by atoms with van der Waals surface area (Å²) in [6, 6.07) is 19.4. The van der Waals surface area contributed by atoms with Crippen LogP contribution in [0.5, 0.6) is 28.7 Å². The molecule has 5 rings (SSSR count). The molecule has 0 aliphatic rings. The minimum absolute atomic E-state index is 0. The number of anilines is 1. The predicted octanol–water partition coefficient (Wildman–Crippen LogP) is 13.0. The Hall–Kier alpha value is -8.67. The average molecular weight is 1570 g/mol. The second-order valence-corrected chi connectivity index (χ2v) is 21.5. The fraction of sp³-hybridized carbons (Fsp3) is 0.323. The van der Waals surface area contributed by atoms with Crippen LogP contribution in [0.25, 0.3) is 0 Å². The zero-order valence-corrected chi connectivity index (χ0v) is 61.1. The predicted molar refractivity (Wildman–Crippen MR) is 360 cm³/mol. The number of carboxylic acids is 1. The molecule has 0 amide bonds. The number of nitro benzene ring substituents is 2. The number of carboxylic acid groups (broad SMARTS) is 1. The number of nitrogens with zero attached hydrogens (tertiary/aromatic N) is 5. The maximum Gasteiger partial charge on any atom is 0.513 e. The zero-order chi connectivity index (χ0) is 72.2. The molecule has 5 aromatic carbocycles. The molecule has 0 aliphatic carbocycles. The molecule has 27 nitrogen and oxygen atoms in total. The first-order valence-corrected chi connectivity index (χ1v) is 28.8. The number of carbonyl (C=O) groups is 6. The summed E-state index contributed by atoms with van der Waals surface area (Å²) in [7, 11) is 17.5. The largest absolute Gasteiger partial charge is 0.513 e. The maximum absolute atomic E-state index is 11.1. The molecule has 0 aliphatic heterocycles. The summed E-state index contributed by atoms with van der Waals surface area (Å²) in [5.41, 5.74) is 9.85. The summed E-state index contributed by atoms with van der Waals surface area (Å²) in [5, 5.41) is 38.2. The minimum atomic E-state index is -0.932. The number of hydrogen-bond donors (Lipinski definition) is 3. The van der Waals surface area contributed by atoms with E-state index in [2.05, 4.69) is 113 Å². The molecule has 0 unspecified atom stereocenters. The van der Waals surface area contributed by atoms with Crippen LogP contribution in [-0.4, -0.2) is 168 Å². The van der Waals surface area contributed by atoms with Gasteiger partial charge in [-0.1, -0.05) is 61.5 Å². The molecular formula is C62H74Br3ClFeN6O21. The molecule has 32 heteroatoms. The normalized spacial score (nSPS) is 9.18. The van der Waals surface area contributed by atoms with Crippen LogP contribution in [0.1, 0.15) is 45.9 Å². The Morgan fingerprint density at radius 1 is 0.543 bits per heavy atom. The molecule has 94 heavy (non-hydrogen) atoms. The second-order valence-electron chi connectivity index (χ2n) is 18.5. The van der Waals surface area contributed by atoms with Gasteiger partial charge in [0.2, 0.25) is 0 Å². The fourth-order valence-electron chi connectivity index (χ4n) is 5.49. The van der Waals surface area contributed by atoms with Crippen molar-refractivity contribution < 1.29 is 109 Å². The van der Waals surface area contributed by atoms with Crippen molar-refractivity contribution in [3.8, 4) is 64.8 Å². The van der Waals surface area contributed by atoms with E-state index in [1.807, 2.05) is 96.0 Å². The Kier molecular flexibility index (Phi) is 49.6. The van der Waals surface area contributed by atoms with E-state index in [1.165, 1.54) is 39.5 Å². The van der Waals surface area contributed by atoms with Gasteiger partial charge in [0.05, 0.1) is 87.3 Å². The first kappa shape index (κ1) is 91.7. The number of ether oxygens (including phenoxy) is 9. The number of aliphatic carboxylic acids is 1. The number of aryl methyl sites for hydroxylation is 5. The van der Waals surface area contributed by atoms with E-state index < -0.39 is 45.9 Å². The van der Waals surface area contributed by atoms with Crippen molar-refractivity contribution in [2.75, 3.05) is 103 Å². The minimum Gasteiger partial charge on any atom is -0.508 e. The molecule has 5 aromatic rings. The average Bonchev–Trinajstić information content (AvgIpc) is 0.856. The second kappa shape index (κ2) is 50.8. The number of terminal acetylenes is 1. The number of benzene rings is 5. The number of nitrogen functional groups attached to an aromatic ring is 1. The van der Waals surface area contributed by atoms with E-state index in [0.29, 0.717) is 51.6 Å². The third kappa shape index (κ3) is 43.2. The molecule has 0 saturated heterocycles. The molecular weight excluding hydrogens is 1500 g/mol. The van der Waals surface area contributed by atoms with Gasteiger partial charge >= 0.3 is 30.0 Å². The van der Waals surface area contributed by atoms with E-state index >= 15 is 0 Å². The zero-order valence-electron chi connectivity index (χ0n) is 54.5. The summed E-state index contributed by atoms with van der Waals surface area (Å²) in [4.78, 5) is 88.5. The van der Waals surface area contributed by atoms with Crippen molar-refractivity contribution in [2.24, 2.45) is 0 Å². The molecule has 4 N–H and O–H groups in total. The van der Waals surface area contributed by atoms with Gasteiger partial charge in [0.1, 0.15) is 34.3 Å². The van der Waals surface area contributed by atoms with E-state index in [9.17, 15) is 44.2 Å². The molecule has 0 saturated carbocycles. The van der Waals surface area contributed by atoms with Crippen LogP contribution < -0.4 is 24.7 Å². The van der Waals surface area contributed by atoms with Crippen LogP contribution >= 0.6 is 59.4 Å². The van der Waals surface area contributed by atoms with Crippen LogP contribution in [0.2, 0.25) is 0 Å². The number of halogens is 4. The number of phenols is 1. The SMILES string of the molecule is C#CCN(C)C.CC(=O)O.COC(=O)Cl.COC(=O)Oc1cc(N)c(C#CCN(C)C)cc1C.COC(=O)Oc1cc([N+](=O)[O-])c(Br)cc1C.COC(=O)Oc1cc([N+](=O)[O-])c(C#CCN(C)C)cc1C.COC(=O)Oc1ccc(Br)cc1C.Cc1cc(Br)ccc1O.[Fe]. The topological polar surface area (TPSA) is 348 Å². The first-order valence-electron chi connectivity index (χ1n) is 26.0. The van der Waals surface area contributed by atoms with Gasteiger partial charge in [-0.3, -0.25) is 39.7 Å². The number of phenolic OH excluding ortho intramolecular Hbond substituents is 1. The Morgan fingerprint density at radius 2 is 0.872 bits per heavy atom. The van der Waals surface area contributed by atoms with Gasteiger partial charge in [-0.05, 0) is 175 Å². The summed E-state index contributed by atoms with van der Waals surface area (Å²) >= 11 is 14.2. The van der Waals surface area contributed by atoms with Crippen LogP contribution in [0.3, 0.4) is 0 Å². The molecule has 0 fully saturated rings. The van der Waals surface area contributed by atoms with E-state index in [4.69, 9.17) is 46.1 Å². The molecule has 0 heterocycles. The number of nitro groups is 2. The van der Waals surface area contributed by atoms with Gasteiger partial charge in [0.25, 0.3) is 17.3 Å². The van der Waals surface area contributed by atoms with E-state index in [0.717, 1.165) is 65.0 Å². The fourth-order valence-corrected chi connectivity index (χ4v) is 7.05. The summed E-state index contributed by atoms with van der Waals surface area (Å²) in [6.07, 6.45) is 1.62. The quantitative estimate of drug-likeness (QED) is 0.0142. The maximum atomic E-state index is 11.1. The Labute approximate surface area is 586 Å². The van der Waals surface area contributed by atoms with E-state index in [-0.39, 0.29) is 45.5 Å². The first-order chi connectivity index (χ1) is 43.3. The van der Waals surface area contributed by atoms with Gasteiger partial charge in [-0.2, -0.15) is 0 Å². The Balaban J connectivity index is -0.000000516. The van der Waals surface area contributed by atoms with Crippen molar-refractivity contribution in [3.63, 3.8) is 0 Å². The van der Waals surface area contributed by atoms with Gasteiger partial charge in [-0.25, -0.2) is 24.0 Å². The number of carbonyl (C=O) groups excluding carboxylic acids is 5. The third-order valence-electron chi connectivity index (χ3n) is 9.82. The van der Waals surface area contributed by atoms with Crippen LogP contribution in [0.4, 0.5) is 41.0 Å². The van der Waals surface area contributed by atoms with Gasteiger partial charge in [0.15, 0.2) is 0 Å². The molecule has 0 spiro atoms. The summed E-state index contributed by atoms with van der Waals surface area (Å²) in [5.74, 6) is 14.7.